The van der Waals surface area contributed by atoms with E-state index in [1.54, 1.807) is 0 Å². The van der Waals surface area contributed by atoms with Gasteiger partial charge in [0.05, 0.1) is 16.6 Å². The average molecular weight is 438 g/mol. The summed E-state index contributed by atoms with van der Waals surface area (Å²) in [6, 6.07) is 9.52. The Morgan fingerprint density at radius 1 is 1.22 bits per heavy atom. The van der Waals surface area contributed by atoms with Crippen LogP contribution in [0.1, 0.15) is 36.2 Å². The second kappa shape index (κ2) is 9.21. The van der Waals surface area contributed by atoms with Crippen LogP contribution in [0.5, 0.6) is 0 Å². The van der Waals surface area contributed by atoms with Crippen LogP contribution in [-0.2, 0) is 0 Å². The number of fused-ring (bicyclic) bond motifs is 1. The van der Waals surface area contributed by atoms with Gasteiger partial charge in [-0.15, -0.1) is 0 Å². The number of anilines is 2. The lowest BCUT2D eigenvalue weighted by atomic mass is 9.86. The standard InChI is InChI=1S/C22H27N7O3/c1-28(2)20-17-5-3-4-6-18(17)26-22(27-20)25-15-9-7-14(8-10-15)12-24-21(30)19-11-16(13-23-19)29(31)32/h3-6,11,13-15,23H,7-10,12H2,1-2H3,(H,24,30)(H,25,26,27)/t14-,15+. The number of carbonyl (C=O) groups is 1. The van der Waals surface area contributed by atoms with Gasteiger partial charge in [-0.05, 0) is 43.7 Å². The lowest BCUT2D eigenvalue weighted by Crippen LogP contribution is -2.34. The Kier molecular flexibility index (Phi) is 6.20. The number of hydrogen-bond donors (Lipinski definition) is 3. The molecule has 3 N–H and O–H groups in total. The molecular weight excluding hydrogens is 410 g/mol. The number of amides is 1. The van der Waals surface area contributed by atoms with E-state index >= 15 is 0 Å². The van der Waals surface area contributed by atoms with Crippen molar-refractivity contribution in [2.45, 2.75) is 31.7 Å². The first-order valence-electron chi connectivity index (χ1n) is 10.7. The van der Waals surface area contributed by atoms with Gasteiger partial charge in [-0.3, -0.25) is 14.9 Å². The Hall–Kier alpha value is -3.69. The van der Waals surface area contributed by atoms with E-state index in [4.69, 9.17) is 4.98 Å². The molecule has 4 rings (SSSR count). The number of nitrogens with one attached hydrogen (secondary N) is 3. The van der Waals surface area contributed by atoms with Crippen molar-refractivity contribution in [1.29, 1.82) is 0 Å². The van der Waals surface area contributed by atoms with Gasteiger partial charge in [0, 0.05) is 38.1 Å². The number of para-hydroxylation sites is 1. The smallest absolute Gasteiger partial charge is 0.287 e. The van der Waals surface area contributed by atoms with Crippen LogP contribution < -0.4 is 15.5 Å². The summed E-state index contributed by atoms with van der Waals surface area (Å²) in [4.78, 5) is 36.5. The van der Waals surface area contributed by atoms with Gasteiger partial charge in [0.15, 0.2) is 0 Å². The van der Waals surface area contributed by atoms with E-state index in [9.17, 15) is 14.9 Å². The van der Waals surface area contributed by atoms with Crippen molar-refractivity contribution in [3.05, 3.63) is 52.3 Å². The van der Waals surface area contributed by atoms with Gasteiger partial charge in [-0.2, -0.15) is 4.98 Å². The van der Waals surface area contributed by atoms with Crippen LogP contribution in [0, 0.1) is 16.0 Å². The number of benzene rings is 1. The molecule has 2 heterocycles. The van der Waals surface area contributed by atoms with E-state index in [2.05, 4.69) is 20.6 Å². The van der Waals surface area contributed by atoms with Gasteiger partial charge < -0.3 is 20.5 Å². The fourth-order valence-corrected chi connectivity index (χ4v) is 4.11. The molecule has 1 saturated carbocycles. The van der Waals surface area contributed by atoms with Crippen molar-refractivity contribution in [1.82, 2.24) is 20.3 Å². The first-order valence-corrected chi connectivity index (χ1v) is 10.7. The van der Waals surface area contributed by atoms with Crippen LogP contribution in [0.4, 0.5) is 17.5 Å². The van der Waals surface area contributed by atoms with Gasteiger partial charge in [0.25, 0.3) is 11.6 Å². The second-order valence-corrected chi connectivity index (χ2v) is 8.38. The van der Waals surface area contributed by atoms with Crippen molar-refractivity contribution < 1.29 is 9.72 Å². The predicted molar refractivity (Wildman–Crippen MR) is 123 cm³/mol. The average Bonchev–Trinajstić information content (AvgIpc) is 3.29. The molecule has 0 unspecified atom stereocenters. The van der Waals surface area contributed by atoms with Crippen LogP contribution in [0.15, 0.2) is 36.5 Å². The molecule has 1 fully saturated rings. The fourth-order valence-electron chi connectivity index (χ4n) is 4.11. The molecule has 0 atom stereocenters. The normalized spacial score (nSPS) is 18.3. The Bertz CT molecular complexity index is 1120. The molecule has 1 aromatic carbocycles. The molecular formula is C22H27N7O3. The number of H-pyrrole nitrogens is 1. The molecule has 0 bridgehead atoms. The van der Waals surface area contributed by atoms with Crippen LogP contribution in [-0.4, -0.2) is 52.5 Å². The number of nitro groups is 1. The molecule has 10 nitrogen and oxygen atoms in total. The highest BCUT2D eigenvalue weighted by atomic mass is 16.6. The number of hydrogen-bond acceptors (Lipinski definition) is 7. The van der Waals surface area contributed by atoms with Crippen LogP contribution in [0.25, 0.3) is 10.9 Å². The monoisotopic (exact) mass is 437 g/mol. The highest BCUT2D eigenvalue weighted by Gasteiger charge is 2.23. The number of aromatic amines is 1. The van der Waals surface area contributed by atoms with Crippen LogP contribution in [0.2, 0.25) is 0 Å². The largest absolute Gasteiger partial charge is 0.362 e. The Morgan fingerprint density at radius 3 is 2.66 bits per heavy atom. The SMILES string of the molecule is CN(C)c1nc(N[C@H]2CC[C@@H](CNC(=O)c3cc([N+](=O)[O-])c[nH]3)CC2)nc2ccccc12. The zero-order valence-corrected chi connectivity index (χ0v) is 18.2. The Balaban J connectivity index is 1.30. The summed E-state index contributed by atoms with van der Waals surface area (Å²) >= 11 is 0. The maximum absolute atomic E-state index is 12.2. The lowest BCUT2D eigenvalue weighted by Gasteiger charge is -2.29. The molecule has 10 heteroatoms. The summed E-state index contributed by atoms with van der Waals surface area (Å²) in [7, 11) is 3.95. The van der Waals surface area contributed by atoms with Crippen molar-refractivity contribution in [2.75, 3.05) is 30.9 Å². The molecule has 0 aliphatic heterocycles. The maximum atomic E-state index is 12.2. The highest BCUT2D eigenvalue weighted by Crippen LogP contribution is 2.28. The molecule has 1 amide bonds. The third-order valence-corrected chi connectivity index (χ3v) is 5.86. The minimum absolute atomic E-state index is 0.116. The van der Waals surface area contributed by atoms with Crippen molar-refractivity contribution in [3.63, 3.8) is 0 Å². The summed E-state index contributed by atoms with van der Waals surface area (Å²) < 4.78 is 0. The summed E-state index contributed by atoms with van der Waals surface area (Å²) in [5.41, 5.74) is 1.00. The summed E-state index contributed by atoms with van der Waals surface area (Å²) in [6.45, 7) is 0.551. The maximum Gasteiger partial charge on any atom is 0.287 e. The Morgan fingerprint density at radius 2 is 1.97 bits per heavy atom. The second-order valence-electron chi connectivity index (χ2n) is 8.38. The zero-order chi connectivity index (χ0) is 22.7. The van der Waals surface area contributed by atoms with E-state index < -0.39 is 4.92 Å². The molecule has 0 spiro atoms. The Labute approximate surface area is 185 Å². The number of rotatable bonds is 7. The van der Waals surface area contributed by atoms with E-state index in [0.29, 0.717) is 18.4 Å². The summed E-state index contributed by atoms with van der Waals surface area (Å²) in [5, 5.41) is 18.1. The molecule has 32 heavy (non-hydrogen) atoms. The van der Waals surface area contributed by atoms with Crippen molar-refractivity contribution >= 4 is 34.3 Å². The van der Waals surface area contributed by atoms with Gasteiger partial charge in [-0.25, -0.2) is 4.98 Å². The van der Waals surface area contributed by atoms with E-state index in [1.165, 1.54) is 12.3 Å². The first-order chi connectivity index (χ1) is 15.4. The quantitative estimate of drug-likeness (QED) is 0.382. The lowest BCUT2D eigenvalue weighted by molar-refractivity contribution is -0.384. The zero-order valence-electron chi connectivity index (χ0n) is 18.2. The number of nitrogens with zero attached hydrogens (tertiary/aromatic N) is 4. The molecule has 1 aliphatic rings. The van der Waals surface area contributed by atoms with Crippen LogP contribution >= 0.6 is 0 Å². The fraction of sp³-hybridized carbons (Fsp3) is 0.409. The molecule has 2 aromatic heterocycles. The van der Waals surface area contributed by atoms with Crippen LogP contribution in [0.3, 0.4) is 0 Å². The van der Waals surface area contributed by atoms with Crippen molar-refractivity contribution in [2.24, 2.45) is 5.92 Å². The predicted octanol–water partition coefficient (Wildman–Crippen LogP) is 3.33. The number of aromatic nitrogens is 3. The van der Waals surface area contributed by atoms with E-state index in [-0.39, 0.29) is 23.3 Å². The molecule has 168 valence electrons. The first kappa shape index (κ1) is 21.5. The molecule has 1 aliphatic carbocycles. The third kappa shape index (κ3) is 4.79. The minimum atomic E-state index is -0.525. The molecule has 0 radical (unpaired) electrons. The highest BCUT2D eigenvalue weighted by molar-refractivity contribution is 5.93. The molecule has 3 aromatic rings. The topological polar surface area (TPSA) is 129 Å². The van der Waals surface area contributed by atoms with Gasteiger partial charge in [0.2, 0.25) is 5.95 Å². The minimum Gasteiger partial charge on any atom is -0.362 e. The van der Waals surface area contributed by atoms with Gasteiger partial charge in [-0.1, -0.05) is 12.1 Å². The van der Waals surface area contributed by atoms with E-state index in [0.717, 1.165) is 42.4 Å². The van der Waals surface area contributed by atoms with E-state index in [1.807, 2.05) is 43.3 Å². The number of carbonyl (C=O) groups excluding carboxylic acids is 1. The summed E-state index contributed by atoms with van der Waals surface area (Å²) in [6.07, 6.45) is 5.08. The third-order valence-electron chi connectivity index (χ3n) is 5.86. The van der Waals surface area contributed by atoms with Crippen molar-refractivity contribution in [3.8, 4) is 0 Å². The van der Waals surface area contributed by atoms with Gasteiger partial charge >= 0.3 is 0 Å². The van der Waals surface area contributed by atoms with Gasteiger partial charge in [0.1, 0.15) is 11.5 Å². The summed E-state index contributed by atoms with van der Waals surface area (Å²) in [5.74, 6) is 1.58. The molecule has 0 saturated heterocycles.